The van der Waals surface area contributed by atoms with Crippen LogP contribution in [0.2, 0.25) is 0 Å². The van der Waals surface area contributed by atoms with Crippen LogP contribution in [0.1, 0.15) is 11.1 Å². The first-order valence-corrected chi connectivity index (χ1v) is 6.17. The molecule has 0 bridgehead atoms. The van der Waals surface area contributed by atoms with Crippen LogP contribution in [0, 0.1) is 12.7 Å². The third-order valence-electron chi connectivity index (χ3n) is 2.91. The van der Waals surface area contributed by atoms with E-state index in [1.165, 1.54) is 0 Å². The summed E-state index contributed by atoms with van der Waals surface area (Å²) in [5, 5.41) is 0. The molecule has 4 heteroatoms. The Morgan fingerprint density at radius 2 is 1.72 bits per heavy atom. The zero-order valence-corrected chi connectivity index (χ0v) is 12.3. The first-order valence-electron chi connectivity index (χ1n) is 5.38. The zero-order chi connectivity index (χ0) is 12.4. The van der Waals surface area contributed by atoms with Gasteiger partial charge in [0.15, 0.2) is 0 Å². The number of hydrogen-bond donors (Lipinski definition) is 1. The number of rotatable bonds is 2. The molecule has 0 aliphatic rings. The van der Waals surface area contributed by atoms with Crippen LogP contribution in [0.4, 0.5) is 4.39 Å². The molecule has 0 saturated carbocycles. The second-order valence-electron chi connectivity index (χ2n) is 3.90. The van der Waals surface area contributed by atoms with Crippen molar-refractivity contribution >= 4 is 28.3 Å². The third kappa shape index (κ3) is 2.74. The van der Waals surface area contributed by atoms with E-state index in [9.17, 15) is 4.39 Å². The average molecular weight is 331 g/mol. The minimum absolute atomic E-state index is 0. The van der Waals surface area contributed by atoms with Crippen LogP contribution in [-0.2, 0) is 6.54 Å². The Morgan fingerprint density at radius 1 is 1.11 bits per heavy atom. The van der Waals surface area contributed by atoms with Crippen molar-refractivity contribution in [2.24, 2.45) is 5.73 Å². The van der Waals surface area contributed by atoms with Crippen LogP contribution in [0.25, 0.3) is 11.1 Å². The van der Waals surface area contributed by atoms with Crippen molar-refractivity contribution in [1.82, 2.24) is 0 Å². The van der Waals surface area contributed by atoms with E-state index in [2.05, 4.69) is 15.9 Å². The highest BCUT2D eigenvalue weighted by molar-refractivity contribution is 9.10. The van der Waals surface area contributed by atoms with Crippen molar-refractivity contribution in [3.05, 3.63) is 57.8 Å². The Balaban J connectivity index is 0.00000162. The highest BCUT2D eigenvalue weighted by atomic mass is 79.9. The Kier molecular flexibility index (Phi) is 5.32. The SMILES string of the molecule is Cc1c(CN)cccc1-c1cccc(Br)c1F.Cl. The summed E-state index contributed by atoms with van der Waals surface area (Å²) < 4.78 is 14.5. The molecule has 0 spiro atoms. The van der Waals surface area contributed by atoms with Gasteiger partial charge in [0, 0.05) is 12.1 Å². The molecule has 2 N–H and O–H groups in total. The van der Waals surface area contributed by atoms with Crippen molar-refractivity contribution in [2.45, 2.75) is 13.5 Å². The highest BCUT2D eigenvalue weighted by Crippen LogP contribution is 2.31. The highest BCUT2D eigenvalue weighted by Gasteiger charge is 2.11. The molecule has 2 rings (SSSR count). The average Bonchev–Trinajstić information content (AvgIpc) is 2.33. The number of nitrogens with two attached hydrogens (primary N) is 1. The molecule has 0 saturated heterocycles. The van der Waals surface area contributed by atoms with Crippen LogP contribution in [0.15, 0.2) is 40.9 Å². The molecule has 0 amide bonds. The van der Waals surface area contributed by atoms with Gasteiger partial charge in [-0.05, 0) is 45.6 Å². The van der Waals surface area contributed by atoms with Gasteiger partial charge in [0.05, 0.1) is 4.47 Å². The lowest BCUT2D eigenvalue weighted by Gasteiger charge is -2.11. The van der Waals surface area contributed by atoms with E-state index in [1.807, 2.05) is 31.2 Å². The molecule has 0 radical (unpaired) electrons. The lowest BCUT2D eigenvalue weighted by Crippen LogP contribution is -2.00. The number of halogens is 3. The van der Waals surface area contributed by atoms with Gasteiger partial charge in [-0.15, -0.1) is 12.4 Å². The fourth-order valence-electron chi connectivity index (χ4n) is 1.91. The molecular formula is C14H14BrClFN. The molecule has 0 heterocycles. The van der Waals surface area contributed by atoms with Gasteiger partial charge in [-0.25, -0.2) is 4.39 Å². The van der Waals surface area contributed by atoms with Gasteiger partial charge in [0.1, 0.15) is 5.82 Å². The fraction of sp³-hybridized carbons (Fsp3) is 0.143. The van der Waals surface area contributed by atoms with Gasteiger partial charge >= 0.3 is 0 Å². The molecule has 0 aliphatic heterocycles. The van der Waals surface area contributed by atoms with Gasteiger partial charge < -0.3 is 5.73 Å². The fourth-order valence-corrected chi connectivity index (χ4v) is 2.27. The molecule has 1 nitrogen and oxygen atoms in total. The Hall–Kier alpha value is -0.900. The number of benzene rings is 2. The molecule has 0 unspecified atom stereocenters. The summed E-state index contributed by atoms with van der Waals surface area (Å²) in [5.41, 5.74) is 9.24. The maximum Gasteiger partial charge on any atom is 0.145 e. The standard InChI is InChI=1S/C14H13BrFN.ClH/c1-9-10(8-17)4-2-5-11(9)12-6-3-7-13(15)14(12)16;/h2-7H,8,17H2,1H3;1H. The largest absolute Gasteiger partial charge is 0.326 e. The minimum atomic E-state index is -0.232. The third-order valence-corrected chi connectivity index (χ3v) is 3.52. The van der Waals surface area contributed by atoms with Crippen LogP contribution in [0.5, 0.6) is 0 Å². The minimum Gasteiger partial charge on any atom is -0.326 e. The lowest BCUT2D eigenvalue weighted by atomic mass is 9.96. The van der Waals surface area contributed by atoms with Gasteiger partial charge in [0.25, 0.3) is 0 Å². The number of hydrogen-bond acceptors (Lipinski definition) is 1. The summed E-state index contributed by atoms with van der Waals surface area (Å²) in [6.45, 7) is 2.44. The first kappa shape index (κ1) is 15.2. The topological polar surface area (TPSA) is 26.0 Å². The van der Waals surface area contributed by atoms with Crippen LogP contribution >= 0.6 is 28.3 Å². The monoisotopic (exact) mass is 329 g/mol. The molecule has 0 fully saturated rings. The van der Waals surface area contributed by atoms with E-state index in [1.54, 1.807) is 12.1 Å². The molecule has 0 aliphatic carbocycles. The van der Waals surface area contributed by atoms with E-state index in [0.29, 0.717) is 16.6 Å². The molecule has 96 valence electrons. The van der Waals surface area contributed by atoms with Crippen molar-refractivity contribution in [3.63, 3.8) is 0 Å². The Morgan fingerprint density at radius 3 is 2.39 bits per heavy atom. The zero-order valence-electron chi connectivity index (χ0n) is 9.91. The van der Waals surface area contributed by atoms with Gasteiger partial charge in [-0.1, -0.05) is 30.3 Å². The molecule has 0 atom stereocenters. The van der Waals surface area contributed by atoms with Gasteiger partial charge in [0.2, 0.25) is 0 Å². The van der Waals surface area contributed by atoms with E-state index in [4.69, 9.17) is 5.73 Å². The summed E-state index contributed by atoms with van der Waals surface area (Å²) in [6, 6.07) is 11.1. The molecule has 18 heavy (non-hydrogen) atoms. The van der Waals surface area contributed by atoms with Crippen molar-refractivity contribution in [1.29, 1.82) is 0 Å². The van der Waals surface area contributed by atoms with Crippen LogP contribution < -0.4 is 5.73 Å². The van der Waals surface area contributed by atoms with Crippen molar-refractivity contribution in [2.75, 3.05) is 0 Å². The predicted octanol–water partition coefficient (Wildman–Crippen LogP) is 4.44. The quantitative estimate of drug-likeness (QED) is 0.865. The van der Waals surface area contributed by atoms with Crippen LogP contribution in [0.3, 0.4) is 0 Å². The van der Waals surface area contributed by atoms with Crippen molar-refractivity contribution < 1.29 is 4.39 Å². The summed E-state index contributed by atoms with van der Waals surface area (Å²) in [4.78, 5) is 0. The smallest absolute Gasteiger partial charge is 0.145 e. The second kappa shape index (κ2) is 6.32. The lowest BCUT2D eigenvalue weighted by molar-refractivity contribution is 0.624. The Labute approximate surface area is 121 Å². The second-order valence-corrected chi connectivity index (χ2v) is 4.75. The van der Waals surface area contributed by atoms with Gasteiger partial charge in [-0.2, -0.15) is 0 Å². The summed E-state index contributed by atoms with van der Waals surface area (Å²) in [5.74, 6) is -0.232. The Bertz CT molecular complexity index is 557. The van der Waals surface area contributed by atoms with Crippen molar-refractivity contribution in [3.8, 4) is 11.1 Å². The molecule has 2 aromatic carbocycles. The summed E-state index contributed by atoms with van der Waals surface area (Å²) >= 11 is 3.20. The van der Waals surface area contributed by atoms with E-state index in [-0.39, 0.29) is 18.2 Å². The first-order chi connectivity index (χ1) is 8.15. The summed E-state index contributed by atoms with van der Waals surface area (Å²) in [7, 11) is 0. The normalized spacial score (nSPS) is 10.0. The maximum atomic E-state index is 14.0. The molecular weight excluding hydrogens is 317 g/mol. The van der Waals surface area contributed by atoms with E-state index >= 15 is 0 Å². The van der Waals surface area contributed by atoms with E-state index < -0.39 is 0 Å². The molecule has 2 aromatic rings. The summed E-state index contributed by atoms with van der Waals surface area (Å²) in [6.07, 6.45) is 0. The van der Waals surface area contributed by atoms with Crippen LogP contribution in [-0.4, -0.2) is 0 Å². The molecule has 0 aromatic heterocycles. The van der Waals surface area contributed by atoms with Gasteiger partial charge in [-0.3, -0.25) is 0 Å². The van der Waals surface area contributed by atoms with E-state index in [0.717, 1.165) is 16.7 Å². The maximum absolute atomic E-state index is 14.0. The predicted molar refractivity (Wildman–Crippen MR) is 79.4 cm³/mol.